The number of hydrogen-bond donors (Lipinski definition) is 0. The summed E-state index contributed by atoms with van der Waals surface area (Å²) in [7, 11) is -13.6. The molecule has 6 rings (SSSR count). The molecule has 2 aliphatic carbocycles. The lowest BCUT2D eigenvalue weighted by molar-refractivity contribution is -0.777. The van der Waals surface area contributed by atoms with Gasteiger partial charge in [0.15, 0.2) is 5.71 Å². The zero-order valence-electron chi connectivity index (χ0n) is 29.3. The number of hydrogen-bond acceptors (Lipinski definition) is 14. The molecule has 53 heavy (non-hydrogen) atoms. The molecule has 2 saturated carbocycles. The highest BCUT2D eigenvalue weighted by Gasteiger charge is 2.53. The smallest absolute Gasteiger partial charge is 0.209 e. The van der Waals surface area contributed by atoms with E-state index < -0.39 is 52.7 Å². The highest BCUT2D eigenvalue weighted by molar-refractivity contribution is 7.94. The third-order valence-corrected chi connectivity index (χ3v) is 14.2. The molecular formula is C35H41N2O12S4-3. The third kappa shape index (κ3) is 8.32. The molecule has 0 aromatic heterocycles. The Hall–Kier alpha value is -2.65. The van der Waals surface area contributed by atoms with Crippen LogP contribution in [0, 0.1) is 5.92 Å². The second-order valence-electron chi connectivity index (χ2n) is 14.6. The van der Waals surface area contributed by atoms with Crippen LogP contribution in [0.2, 0.25) is 0 Å². The Labute approximate surface area is 314 Å². The third-order valence-electron chi connectivity index (χ3n) is 11.3. The SMILES string of the molecule is CC12CCC/C(=C\C=C\C3CCCC4(C)c5cc(S(=O)(=O)[O-])ccc5N(CCCS(=O)(=O)[O-])C34)C1=[N+](CCCS(=O)(=O)[O-])c1ccc(SOO[O-])cc12. The summed E-state index contributed by atoms with van der Waals surface area (Å²) in [4.78, 5) is 2.38. The second-order valence-corrected chi connectivity index (χ2v) is 19.8. The molecule has 2 aromatic carbocycles. The van der Waals surface area contributed by atoms with Gasteiger partial charge in [-0.3, -0.25) is 5.04 Å². The normalized spacial score (nSPS) is 26.6. The fourth-order valence-electron chi connectivity index (χ4n) is 9.24. The van der Waals surface area contributed by atoms with E-state index >= 15 is 0 Å². The van der Waals surface area contributed by atoms with Gasteiger partial charge in [-0.15, -0.1) is 0 Å². The summed E-state index contributed by atoms with van der Waals surface area (Å²) < 4.78 is 112. The highest BCUT2D eigenvalue weighted by atomic mass is 32.2. The van der Waals surface area contributed by atoms with E-state index in [0.29, 0.717) is 23.4 Å². The van der Waals surface area contributed by atoms with Gasteiger partial charge >= 0.3 is 0 Å². The number of fused-ring (bicyclic) bond motifs is 6. The summed E-state index contributed by atoms with van der Waals surface area (Å²) in [5.41, 5.74) is 4.30. The molecule has 2 aliphatic heterocycles. The van der Waals surface area contributed by atoms with Gasteiger partial charge < -0.3 is 23.8 Å². The van der Waals surface area contributed by atoms with Gasteiger partial charge in [-0.1, -0.05) is 31.6 Å². The zero-order valence-corrected chi connectivity index (χ0v) is 32.5. The summed E-state index contributed by atoms with van der Waals surface area (Å²) in [5.74, 6) is -1.11. The number of anilines is 1. The highest BCUT2D eigenvalue weighted by Crippen LogP contribution is 2.55. The average Bonchev–Trinajstić information content (AvgIpc) is 3.47. The lowest BCUT2D eigenvalue weighted by Crippen LogP contribution is -2.50. The van der Waals surface area contributed by atoms with Crippen LogP contribution in [0.4, 0.5) is 11.4 Å². The summed E-state index contributed by atoms with van der Waals surface area (Å²) in [5, 5.41) is 14.1. The average molecular weight is 810 g/mol. The Morgan fingerprint density at radius 1 is 0.943 bits per heavy atom. The van der Waals surface area contributed by atoms with Crippen LogP contribution in [0.3, 0.4) is 0 Å². The Balaban J connectivity index is 1.36. The van der Waals surface area contributed by atoms with Crippen molar-refractivity contribution in [3.63, 3.8) is 0 Å². The Morgan fingerprint density at radius 3 is 2.38 bits per heavy atom. The van der Waals surface area contributed by atoms with Gasteiger partial charge in [0.05, 0.1) is 42.6 Å². The summed E-state index contributed by atoms with van der Waals surface area (Å²) in [6.45, 7) is 4.71. The molecule has 0 radical (unpaired) electrons. The lowest BCUT2D eigenvalue weighted by atomic mass is 9.65. The van der Waals surface area contributed by atoms with E-state index in [1.807, 2.05) is 25.1 Å². The molecule has 2 heterocycles. The van der Waals surface area contributed by atoms with E-state index in [0.717, 1.165) is 72.4 Å². The quantitative estimate of drug-likeness (QED) is 0.0875. The van der Waals surface area contributed by atoms with Crippen LogP contribution in [-0.2, 0) is 50.6 Å². The first-order chi connectivity index (χ1) is 24.9. The second kappa shape index (κ2) is 15.1. The molecule has 2 fully saturated rings. The van der Waals surface area contributed by atoms with E-state index in [9.17, 15) is 44.2 Å². The van der Waals surface area contributed by atoms with Gasteiger partial charge in [-0.2, -0.15) is 8.91 Å². The monoisotopic (exact) mass is 809 g/mol. The first-order valence-corrected chi connectivity index (χ1v) is 22.7. The van der Waals surface area contributed by atoms with Crippen molar-refractivity contribution in [2.75, 3.05) is 29.5 Å². The summed E-state index contributed by atoms with van der Waals surface area (Å²) >= 11 is 0.785. The van der Waals surface area contributed by atoms with Gasteiger partial charge in [0, 0.05) is 63.7 Å². The standard InChI is InChI=1S/C35H44N2O12S4/c1-34-16-4-10-24(32(34)36(18-6-20-51(39,40)41)30-14-12-26(22-28(30)34)50-49-48-38)8-3-9-25-11-5-17-35(2)29-23-27(53(45,46)47)13-15-31(29)37(33(25)35)19-7-21-52(42,43)44/h3,8-9,12-15,22-23,25,33H,4-7,10-11,16-21H2,1-2H3,(H3-,38,39,40,41,42,43,44,45,46,47)/p-3/b9-3+,24-8+. The van der Waals surface area contributed by atoms with Crippen LogP contribution < -0.4 is 10.2 Å². The molecule has 0 bridgehead atoms. The molecule has 18 heteroatoms. The molecule has 4 aliphatic rings. The Bertz CT molecular complexity index is 2190. The topological polar surface area (TPSA) is 219 Å². The van der Waals surface area contributed by atoms with Crippen LogP contribution in [0.5, 0.6) is 0 Å². The number of nitrogens with zero attached hydrogens (tertiary/aromatic N) is 2. The summed E-state index contributed by atoms with van der Waals surface area (Å²) in [6.07, 6.45) is 11.1. The van der Waals surface area contributed by atoms with Crippen molar-refractivity contribution in [3.05, 3.63) is 71.3 Å². The molecule has 4 atom stereocenters. The molecule has 0 saturated heterocycles. The number of rotatable bonds is 14. The van der Waals surface area contributed by atoms with Crippen LogP contribution in [-0.4, -0.2) is 79.8 Å². The van der Waals surface area contributed by atoms with Crippen LogP contribution in [0.25, 0.3) is 0 Å². The van der Waals surface area contributed by atoms with E-state index in [4.69, 9.17) is 0 Å². The summed E-state index contributed by atoms with van der Waals surface area (Å²) in [6, 6.07) is 9.70. The van der Waals surface area contributed by atoms with Crippen molar-refractivity contribution >= 4 is 59.5 Å². The van der Waals surface area contributed by atoms with Crippen molar-refractivity contribution in [2.24, 2.45) is 5.92 Å². The van der Waals surface area contributed by atoms with Gasteiger partial charge in [-0.05, 0) is 87.3 Å². The fourth-order valence-corrected chi connectivity index (χ4v) is 11.1. The Kier molecular flexibility index (Phi) is 11.4. The molecule has 2 aromatic rings. The van der Waals surface area contributed by atoms with Crippen molar-refractivity contribution in [1.82, 2.24) is 0 Å². The van der Waals surface area contributed by atoms with Crippen molar-refractivity contribution in [1.29, 1.82) is 0 Å². The van der Waals surface area contributed by atoms with Gasteiger partial charge in [-0.25, -0.2) is 25.3 Å². The molecule has 0 amide bonds. The van der Waals surface area contributed by atoms with E-state index in [2.05, 4.69) is 37.9 Å². The number of benzene rings is 2. The van der Waals surface area contributed by atoms with E-state index in [1.165, 1.54) is 12.1 Å². The van der Waals surface area contributed by atoms with E-state index in [-0.39, 0.29) is 36.2 Å². The van der Waals surface area contributed by atoms with Gasteiger partial charge in [0.25, 0.3) is 0 Å². The first kappa shape index (κ1) is 40.0. The zero-order chi connectivity index (χ0) is 38.4. The van der Waals surface area contributed by atoms with Crippen molar-refractivity contribution in [3.8, 4) is 0 Å². The van der Waals surface area contributed by atoms with Crippen LogP contribution in [0.1, 0.15) is 76.3 Å². The predicted molar refractivity (Wildman–Crippen MR) is 191 cm³/mol. The minimum absolute atomic E-state index is 0.0592. The molecule has 0 spiro atoms. The maximum atomic E-state index is 12.0. The van der Waals surface area contributed by atoms with Crippen molar-refractivity contribution in [2.45, 2.75) is 91.9 Å². The van der Waals surface area contributed by atoms with Crippen molar-refractivity contribution < 1.29 is 58.1 Å². The minimum Gasteiger partial charge on any atom is -0.748 e. The van der Waals surface area contributed by atoms with Crippen LogP contribution >= 0.6 is 12.0 Å². The maximum Gasteiger partial charge on any atom is 0.209 e. The molecular weight excluding hydrogens is 769 g/mol. The van der Waals surface area contributed by atoms with Gasteiger partial charge in [0.2, 0.25) is 5.69 Å². The molecule has 4 unspecified atom stereocenters. The molecule has 290 valence electrons. The van der Waals surface area contributed by atoms with Gasteiger partial charge in [0.1, 0.15) is 16.7 Å². The number of allylic oxidation sites excluding steroid dienone is 3. The largest absolute Gasteiger partial charge is 0.748 e. The minimum atomic E-state index is -4.73. The first-order valence-electron chi connectivity index (χ1n) is 17.4. The maximum absolute atomic E-state index is 12.0. The lowest BCUT2D eigenvalue weighted by Gasteiger charge is -2.45. The Morgan fingerprint density at radius 2 is 1.68 bits per heavy atom. The van der Waals surface area contributed by atoms with Crippen LogP contribution in [0.15, 0.2) is 70.0 Å². The fraction of sp³-hybridized carbons (Fsp3) is 0.514. The molecule has 0 N–H and O–H groups in total. The predicted octanol–water partition coefficient (Wildman–Crippen LogP) is 3.66. The molecule has 14 nitrogen and oxygen atoms in total. The van der Waals surface area contributed by atoms with E-state index in [1.54, 1.807) is 12.1 Å².